The molecule has 0 spiro atoms. The molecule has 0 unspecified atom stereocenters. The lowest BCUT2D eigenvalue weighted by Crippen LogP contribution is -2.34. The zero-order chi connectivity index (χ0) is 20.7. The molecular weight excluding hydrogens is 378 g/mol. The Balaban J connectivity index is 1.96. The first-order valence-corrected chi connectivity index (χ1v) is 8.43. The lowest BCUT2D eigenvalue weighted by Gasteiger charge is -2.21. The average Bonchev–Trinajstić information content (AvgIpc) is 2.64. The highest BCUT2D eigenvalue weighted by Gasteiger charge is 2.27. The molecule has 5 nitrogen and oxygen atoms in total. The number of benzene rings is 2. The van der Waals surface area contributed by atoms with Gasteiger partial charge in [-0.3, -0.25) is 4.79 Å². The molecular formula is C19H19F4N3O2. The van der Waals surface area contributed by atoms with E-state index >= 15 is 0 Å². The molecule has 2 N–H and O–H groups in total. The Morgan fingerprint density at radius 2 is 1.75 bits per heavy atom. The predicted octanol–water partition coefficient (Wildman–Crippen LogP) is 4.17. The third-order valence-corrected chi connectivity index (χ3v) is 3.78. The zero-order valence-electron chi connectivity index (χ0n) is 15.0. The minimum absolute atomic E-state index is 0.0364. The number of alkyl halides is 3. The third-order valence-electron chi connectivity index (χ3n) is 3.78. The molecule has 0 aliphatic heterocycles. The summed E-state index contributed by atoms with van der Waals surface area (Å²) in [7, 11) is 0. The van der Waals surface area contributed by atoms with E-state index in [9.17, 15) is 27.2 Å². The maximum absolute atomic E-state index is 13.3. The summed E-state index contributed by atoms with van der Waals surface area (Å²) >= 11 is 0. The van der Waals surface area contributed by atoms with E-state index in [4.69, 9.17) is 0 Å². The second kappa shape index (κ2) is 9.20. The molecule has 2 aromatic carbocycles. The van der Waals surface area contributed by atoms with Gasteiger partial charge in [0.05, 0.1) is 0 Å². The molecule has 0 aliphatic rings. The van der Waals surface area contributed by atoms with Crippen molar-refractivity contribution in [1.82, 2.24) is 10.2 Å². The third kappa shape index (κ3) is 6.57. The fourth-order valence-electron chi connectivity index (χ4n) is 2.37. The number of hydrogen-bond donors (Lipinski definition) is 2. The van der Waals surface area contributed by atoms with Crippen molar-refractivity contribution in [1.29, 1.82) is 0 Å². The minimum Gasteiger partial charge on any atom is -0.343 e. The van der Waals surface area contributed by atoms with Crippen molar-refractivity contribution in [2.75, 3.05) is 18.4 Å². The van der Waals surface area contributed by atoms with Gasteiger partial charge in [0.1, 0.15) is 12.4 Å². The van der Waals surface area contributed by atoms with E-state index in [2.05, 4.69) is 5.32 Å². The van der Waals surface area contributed by atoms with Crippen LogP contribution in [0.3, 0.4) is 0 Å². The molecule has 0 fully saturated rings. The Morgan fingerprint density at radius 3 is 2.32 bits per heavy atom. The summed E-state index contributed by atoms with van der Waals surface area (Å²) in [6, 6.07) is 10.9. The van der Waals surface area contributed by atoms with Gasteiger partial charge in [0.15, 0.2) is 0 Å². The van der Waals surface area contributed by atoms with E-state index < -0.39 is 30.5 Å². The van der Waals surface area contributed by atoms with Gasteiger partial charge in [0.25, 0.3) is 5.91 Å². The Morgan fingerprint density at radius 1 is 1.07 bits per heavy atom. The van der Waals surface area contributed by atoms with Gasteiger partial charge in [-0.15, -0.1) is 0 Å². The quantitative estimate of drug-likeness (QED) is 0.719. The van der Waals surface area contributed by atoms with E-state index in [1.165, 1.54) is 41.3 Å². The minimum atomic E-state index is -4.49. The zero-order valence-corrected chi connectivity index (χ0v) is 15.0. The second-order valence-electron chi connectivity index (χ2n) is 5.95. The van der Waals surface area contributed by atoms with E-state index in [1.807, 2.05) is 0 Å². The molecule has 0 aliphatic carbocycles. The van der Waals surface area contributed by atoms with Gasteiger partial charge in [-0.25, -0.2) is 9.18 Å². The largest absolute Gasteiger partial charge is 0.405 e. The van der Waals surface area contributed by atoms with Crippen molar-refractivity contribution in [2.24, 2.45) is 0 Å². The molecule has 2 rings (SSSR count). The number of urea groups is 1. The summed E-state index contributed by atoms with van der Waals surface area (Å²) in [5, 5.41) is 4.40. The number of rotatable bonds is 6. The lowest BCUT2D eigenvalue weighted by atomic mass is 10.2. The van der Waals surface area contributed by atoms with Crippen molar-refractivity contribution in [3.63, 3.8) is 0 Å². The van der Waals surface area contributed by atoms with Crippen molar-refractivity contribution in [2.45, 2.75) is 19.6 Å². The molecule has 2 aromatic rings. The Hall–Kier alpha value is -3.10. The fraction of sp³-hybridized carbons (Fsp3) is 0.263. The number of carbonyl (C=O) groups excluding carboxylic acids is 2. The van der Waals surface area contributed by atoms with Crippen LogP contribution in [0.4, 0.5) is 28.0 Å². The Bertz CT molecular complexity index is 823. The summed E-state index contributed by atoms with van der Waals surface area (Å²) in [5.74, 6) is -1.26. The maximum atomic E-state index is 13.3. The van der Waals surface area contributed by atoms with E-state index in [0.717, 1.165) is 0 Å². The van der Waals surface area contributed by atoms with Crippen LogP contribution in [-0.4, -0.2) is 36.1 Å². The lowest BCUT2D eigenvalue weighted by molar-refractivity contribution is -0.123. The van der Waals surface area contributed by atoms with Gasteiger partial charge in [-0.1, -0.05) is 12.1 Å². The highest BCUT2D eigenvalue weighted by molar-refractivity contribution is 5.95. The first-order valence-electron chi connectivity index (χ1n) is 8.43. The molecule has 0 bridgehead atoms. The predicted molar refractivity (Wildman–Crippen MR) is 96.3 cm³/mol. The number of halogens is 4. The van der Waals surface area contributed by atoms with Crippen LogP contribution < -0.4 is 10.6 Å². The average molecular weight is 397 g/mol. The van der Waals surface area contributed by atoms with Crippen LogP contribution in [0.5, 0.6) is 0 Å². The van der Waals surface area contributed by atoms with E-state index in [-0.39, 0.29) is 12.1 Å². The van der Waals surface area contributed by atoms with Gasteiger partial charge in [-0.05, 0) is 48.9 Å². The summed E-state index contributed by atoms with van der Waals surface area (Å²) in [6.45, 7) is 0.932. The number of amides is 3. The van der Waals surface area contributed by atoms with Crippen molar-refractivity contribution < 1.29 is 27.2 Å². The normalized spacial score (nSPS) is 11.0. The van der Waals surface area contributed by atoms with Crippen LogP contribution >= 0.6 is 0 Å². The van der Waals surface area contributed by atoms with Gasteiger partial charge in [0.2, 0.25) is 0 Å². The first kappa shape index (κ1) is 21.2. The molecule has 9 heteroatoms. The van der Waals surface area contributed by atoms with E-state index in [0.29, 0.717) is 17.8 Å². The number of anilines is 1. The first-order chi connectivity index (χ1) is 13.2. The summed E-state index contributed by atoms with van der Waals surface area (Å²) in [5.41, 5.74) is 1.04. The van der Waals surface area contributed by atoms with Crippen LogP contribution in [0, 0.1) is 5.82 Å². The van der Waals surface area contributed by atoms with Crippen LogP contribution in [0.25, 0.3) is 0 Å². The van der Waals surface area contributed by atoms with Crippen LogP contribution in [0.1, 0.15) is 22.8 Å². The number of hydrogen-bond acceptors (Lipinski definition) is 2. The van der Waals surface area contributed by atoms with Crippen molar-refractivity contribution >= 4 is 17.6 Å². The Labute approximate surface area is 159 Å². The monoisotopic (exact) mass is 397 g/mol. The number of nitrogens with one attached hydrogen (secondary N) is 2. The topological polar surface area (TPSA) is 61.4 Å². The van der Waals surface area contributed by atoms with Gasteiger partial charge >= 0.3 is 12.2 Å². The van der Waals surface area contributed by atoms with Crippen LogP contribution in [0.15, 0.2) is 48.5 Å². The van der Waals surface area contributed by atoms with Crippen molar-refractivity contribution in [3.05, 3.63) is 65.5 Å². The molecule has 28 heavy (non-hydrogen) atoms. The van der Waals surface area contributed by atoms with Crippen LogP contribution in [-0.2, 0) is 6.54 Å². The molecule has 3 amide bonds. The SMILES string of the molecule is CCN(Cc1cccc(F)c1)C(=O)Nc1ccc(C(=O)NCC(F)(F)F)cc1. The Kier molecular flexibility index (Phi) is 6.97. The maximum Gasteiger partial charge on any atom is 0.405 e. The van der Waals surface area contributed by atoms with Gasteiger partial charge < -0.3 is 15.5 Å². The van der Waals surface area contributed by atoms with Gasteiger partial charge in [-0.2, -0.15) is 13.2 Å². The molecule has 0 atom stereocenters. The standard InChI is InChI=1S/C19H19F4N3O2/c1-2-26(11-13-4-3-5-15(20)10-13)18(28)25-16-8-6-14(7-9-16)17(27)24-12-19(21,22)23/h3-10H,2,11-12H2,1H3,(H,24,27)(H,25,28). The number of nitrogens with zero attached hydrogens (tertiary/aromatic N) is 1. The second-order valence-corrected chi connectivity index (χ2v) is 5.95. The van der Waals surface area contributed by atoms with Crippen LogP contribution in [0.2, 0.25) is 0 Å². The van der Waals surface area contributed by atoms with E-state index in [1.54, 1.807) is 24.4 Å². The molecule has 0 saturated carbocycles. The summed E-state index contributed by atoms with van der Waals surface area (Å²) in [4.78, 5) is 25.5. The highest BCUT2D eigenvalue weighted by Crippen LogP contribution is 2.15. The molecule has 0 heterocycles. The van der Waals surface area contributed by atoms with Crippen molar-refractivity contribution in [3.8, 4) is 0 Å². The highest BCUT2D eigenvalue weighted by atomic mass is 19.4. The molecule has 0 radical (unpaired) electrons. The van der Waals surface area contributed by atoms with Gasteiger partial charge in [0, 0.05) is 24.3 Å². The summed E-state index contributed by atoms with van der Waals surface area (Å²) in [6.07, 6.45) is -4.49. The molecule has 0 saturated heterocycles. The molecule has 0 aromatic heterocycles. The summed E-state index contributed by atoms with van der Waals surface area (Å²) < 4.78 is 49.7. The smallest absolute Gasteiger partial charge is 0.343 e. The molecule has 150 valence electrons. The number of carbonyl (C=O) groups is 2. The fourth-order valence-corrected chi connectivity index (χ4v) is 2.37.